The molecule has 8 nitrogen and oxygen atoms in total. The zero-order chi connectivity index (χ0) is 34.6. The van der Waals surface area contributed by atoms with Crippen LogP contribution < -0.4 is 15.4 Å². The van der Waals surface area contributed by atoms with E-state index in [0.717, 1.165) is 38.5 Å². The number of esters is 1. The molecule has 1 aromatic rings. The molecule has 2 saturated carbocycles. The van der Waals surface area contributed by atoms with Gasteiger partial charge in [-0.3, -0.25) is 14.4 Å². The Balaban J connectivity index is 1.07. The van der Waals surface area contributed by atoms with Crippen molar-refractivity contribution in [3.63, 3.8) is 0 Å². The molecule has 0 radical (unpaired) electrons. The summed E-state index contributed by atoms with van der Waals surface area (Å²) in [5.41, 5.74) is 0.255. The lowest BCUT2D eigenvalue weighted by molar-refractivity contribution is -0.136. The number of carbonyl (C=O) groups is 3. The maximum absolute atomic E-state index is 13.6. The highest BCUT2D eigenvalue weighted by molar-refractivity contribution is 5.77. The van der Waals surface area contributed by atoms with Gasteiger partial charge >= 0.3 is 5.97 Å². The molecule has 2 amide bonds. The molecular weight excluding hydrogens is 625 g/mol. The number of hydrogen-bond acceptors (Lipinski definition) is 6. The molecule has 272 valence electrons. The Bertz CT molecular complexity index is 1120. The van der Waals surface area contributed by atoms with Crippen LogP contribution in [0.15, 0.2) is 12.1 Å². The normalized spacial score (nSPS) is 19.8. The third kappa shape index (κ3) is 14.8. The first-order valence-electron chi connectivity index (χ1n) is 18.3. The zero-order valence-electron chi connectivity index (χ0n) is 28.9. The smallest absolute Gasteiger partial charge is 0.313 e. The second kappa shape index (κ2) is 22.1. The molecule has 0 atom stereocenters. The first kappa shape index (κ1) is 39.8. The largest absolute Gasteiger partial charge is 0.420 e. The van der Waals surface area contributed by atoms with Gasteiger partial charge in [0.15, 0.2) is 11.6 Å². The third-order valence-corrected chi connectivity index (χ3v) is 9.47. The van der Waals surface area contributed by atoms with Crippen LogP contribution in [0.3, 0.4) is 0 Å². The molecule has 0 bridgehead atoms. The van der Waals surface area contributed by atoms with E-state index in [-0.39, 0.29) is 68.6 Å². The molecule has 11 heteroatoms. The summed E-state index contributed by atoms with van der Waals surface area (Å²) in [4.78, 5) is 36.3. The first-order chi connectivity index (χ1) is 23.2. The number of unbranched alkanes of at least 4 members (excludes halogenated alkanes) is 12. The lowest BCUT2D eigenvalue weighted by Crippen LogP contribution is -2.61. The zero-order valence-corrected chi connectivity index (χ0v) is 28.9. The molecule has 2 aliphatic rings. The fourth-order valence-corrected chi connectivity index (χ4v) is 6.82. The third-order valence-electron chi connectivity index (χ3n) is 9.47. The lowest BCUT2D eigenvalue weighted by Gasteiger charge is -2.57. The minimum atomic E-state index is -1.56. The van der Waals surface area contributed by atoms with Gasteiger partial charge in [0.2, 0.25) is 23.4 Å². The van der Waals surface area contributed by atoms with Crippen LogP contribution in [0.5, 0.6) is 5.75 Å². The number of carbonyl (C=O) groups excluding carboxylic acids is 3. The average molecular weight is 683 g/mol. The number of halogens is 3. The van der Waals surface area contributed by atoms with Crippen molar-refractivity contribution in [2.24, 2.45) is 5.41 Å². The van der Waals surface area contributed by atoms with E-state index < -0.39 is 29.2 Å². The number of benzene rings is 1. The van der Waals surface area contributed by atoms with Crippen molar-refractivity contribution in [1.29, 1.82) is 0 Å². The van der Waals surface area contributed by atoms with Crippen molar-refractivity contribution in [3.8, 4) is 5.75 Å². The predicted molar refractivity (Wildman–Crippen MR) is 178 cm³/mol. The van der Waals surface area contributed by atoms with Crippen LogP contribution in [0.1, 0.15) is 135 Å². The van der Waals surface area contributed by atoms with E-state index in [1.807, 2.05) is 0 Å². The van der Waals surface area contributed by atoms with Crippen LogP contribution in [-0.2, 0) is 23.9 Å². The van der Waals surface area contributed by atoms with Gasteiger partial charge in [0, 0.05) is 24.9 Å². The summed E-state index contributed by atoms with van der Waals surface area (Å²) < 4.78 is 55.5. The molecule has 2 aliphatic carbocycles. The fraction of sp³-hybridized carbons (Fsp3) is 0.757. The number of ether oxygens (including phenoxy) is 3. The maximum atomic E-state index is 13.6. The van der Waals surface area contributed by atoms with E-state index in [1.165, 1.54) is 70.6 Å². The van der Waals surface area contributed by atoms with Gasteiger partial charge in [-0.1, -0.05) is 84.0 Å². The Morgan fingerprint density at radius 2 is 1.10 bits per heavy atom. The summed E-state index contributed by atoms with van der Waals surface area (Å²) in [6.07, 6.45) is 21.3. The van der Waals surface area contributed by atoms with Gasteiger partial charge in [-0.15, -0.1) is 0 Å². The minimum absolute atomic E-state index is 0.0719. The highest BCUT2D eigenvalue weighted by Gasteiger charge is 2.53. The van der Waals surface area contributed by atoms with E-state index in [4.69, 9.17) is 9.47 Å². The van der Waals surface area contributed by atoms with Gasteiger partial charge in [0.25, 0.3) is 0 Å². The summed E-state index contributed by atoms with van der Waals surface area (Å²) >= 11 is 0. The summed E-state index contributed by atoms with van der Waals surface area (Å²) in [5, 5.41) is 6.25. The van der Waals surface area contributed by atoms with Gasteiger partial charge in [0.05, 0.1) is 32.8 Å². The van der Waals surface area contributed by atoms with Gasteiger partial charge in [-0.2, -0.15) is 4.39 Å². The van der Waals surface area contributed by atoms with E-state index in [9.17, 15) is 27.6 Å². The Morgan fingerprint density at radius 1 is 0.646 bits per heavy atom. The number of amides is 2. The highest BCUT2D eigenvalue weighted by Crippen LogP contribution is 2.55. The second-order valence-corrected chi connectivity index (χ2v) is 13.7. The minimum Gasteiger partial charge on any atom is -0.420 e. The van der Waals surface area contributed by atoms with Crippen LogP contribution >= 0.6 is 0 Å². The van der Waals surface area contributed by atoms with Crippen LogP contribution in [0.2, 0.25) is 0 Å². The topological polar surface area (TPSA) is 103 Å². The van der Waals surface area contributed by atoms with Gasteiger partial charge < -0.3 is 24.8 Å². The SMILES string of the molecule is CCCCCCCCCCCCCCCC(=O)NC1CC2(C1)CC(NC(=O)CCOCCOCCC(=O)Oc1c(F)ccc(F)c1F)C2. The Hall–Kier alpha value is -2.66. The summed E-state index contributed by atoms with van der Waals surface area (Å²) in [5.74, 6) is -6.00. The summed E-state index contributed by atoms with van der Waals surface area (Å²) in [6, 6.07) is 1.70. The van der Waals surface area contributed by atoms with Crippen molar-refractivity contribution in [3.05, 3.63) is 29.6 Å². The number of hydrogen-bond donors (Lipinski definition) is 2. The molecule has 0 unspecified atom stereocenters. The average Bonchev–Trinajstić information content (AvgIpc) is 3.02. The van der Waals surface area contributed by atoms with E-state index in [0.29, 0.717) is 18.6 Å². The molecule has 0 saturated heterocycles. The summed E-state index contributed by atoms with van der Waals surface area (Å²) in [7, 11) is 0. The van der Waals surface area contributed by atoms with E-state index in [1.54, 1.807) is 0 Å². The van der Waals surface area contributed by atoms with Crippen LogP contribution in [-0.4, -0.2) is 56.3 Å². The van der Waals surface area contributed by atoms with Gasteiger partial charge in [-0.25, -0.2) is 8.78 Å². The van der Waals surface area contributed by atoms with Crippen molar-refractivity contribution in [2.45, 2.75) is 147 Å². The predicted octanol–water partition coefficient (Wildman–Crippen LogP) is 7.85. The molecule has 0 aliphatic heterocycles. The van der Waals surface area contributed by atoms with E-state index >= 15 is 0 Å². The molecule has 1 aromatic carbocycles. The quantitative estimate of drug-likeness (QED) is 0.0447. The van der Waals surface area contributed by atoms with Crippen molar-refractivity contribution >= 4 is 17.8 Å². The monoisotopic (exact) mass is 682 g/mol. The van der Waals surface area contributed by atoms with Crippen molar-refractivity contribution < 1.29 is 41.8 Å². The first-order valence-corrected chi connectivity index (χ1v) is 18.3. The maximum Gasteiger partial charge on any atom is 0.313 e. The standard InChI is InChI=1S/C37H57F3N2O6/c1-2-3-4-5-6-7-8-9-10-11-12-13-14-15-32(43)41-28-24-37(25-28)26-29(27-37)42-33(44)18-20-46-22-23-47-21-19-34(45)48-36-31(39)17-16-30(38)35(36)40/h16-17,28-29H,2-15,18-27H2,1H3,(H,41,43)(H,42,44). The van der Waals surface area contributed by atoms with Gasteiger partial charge in [0.1, 0.15) is 0 Å². The fourth-order valence-electron chi connectivity index (χ4n) is 6.82. The summed E-state index contributed by atoms with van der Waals surface area (Å²) in [6.45, 7) is 2.76. The molecule has 0 aromatic heterocycles. The van der Waals surface area contributed by atoms with Crippen molar-refractivity contribution in [2.75, 3.05) is 26.4 Å². The second-order valence-electron chi connectivity index (χ2n) is 13.7. The highest BCUT2D eigenvalue weighted by atomic mass is 19.2. The Kier molecular flexibility index (Phi) is 18.3. The molecule has 3 rings (SSSR count). The van der Waals surface area contributed by atoms with Crippen LogP contribution in [0.4, 0.5) is 13.2 Å². The molecule has 48 heavy (non-hydrogen) atoms. The molecular formula is C37H57F3N2O6. The van der Waals surface area contributed by atoms with Crippen molar-refractivity contribution in [1.82, 2.24) is 10.6 Å². The molecule has 2 fully saturated rings. The van der Waals surface area contributed by atoms with Crippen LogP contribution in [0, 0.1) is 22.9 Å². The Labute approximate surface area is 284 Å². The molecule has 2 N–H and O–H groups in total. The molecule has 0 heterocycles. The van der Waals surface area contributed by atoms with Gasteiger partial charge in [-0.05, 0) is 49.7 Å². The Morgan fingerprint density at radius 3 is 1.65 bits per heavy atom. The van der Waals surface area contributed by atoms with E-state index in [2.05, 4.69) is 22.3 Å². The molecule has 1 spiro atoms. The lowest BCUT2D eigenvalue weighted by atomic mass is 9.52. The number of rotatable bonds is 26. The number of nitrogens with one attached hydrogen (secondary N) is 2. The van der Waals surface area contributed by atoms with Crippen LogP contribution in [0.25, 0.3) is 0 Å².